The van der Waals surface area contributed by atoms with E-state index >= 15 is 0 Å². The Hall–Kier alpha value is -2.25. The number of rotatable bonds is 3. The van der Waals surface area contributed by atoms with Crippen molar-refractivity contribution in [2.45, 2.75) is 25.9 Å². The number of nitrogens with one attached hydrogen (secondary N) is 1. The van der Waals surface area contributed by atoms with Gasteiger partial charge in [0.15, 0.2) is 5.84 Å². The Morgan fingerprint density at radius 1 is 1.43 bits per heavy atom. The number of anilines is 1. The van der Waals surface area contributed by atoms with Gasteiger partial charge in [-0.15, -0.1) is 0 Å². The number of alkyl halides is 3. The van der Waals surface area contributed by atoms with E-state index in [1.165, 1.54) is 6.07 Å². The minimum absolute atomic E-state index is 0.0619. The molecule has 0 unspecified atom stereocenters. The van der Waals surface area contributed by atoms with Crippen LogP contribution in [-0.4, -0.2) is 17.0 Å². The molecule has 0 saturated heterocycles. The van der Waals surface area contributed by atoms with Crippen LogP contribution in [0.4, 0.5) is 18.9 Å². The molecule has 1 aliphatic carbocycles. The Kier molecular flexibility index (Phi) is 3.56. The first kappa shape index (κ1) is 15.1. The van der Waals surface area contributed by atoms with Crippen LogP contribution in [0.2, 0.25) is 0 Å². The molecule has 0 aromatic heterocycles. The zero-order chi connectivity index (χ0) is 15.8. The summed E-state index contributed by atoms with van der Waals surface area (Å²) >= 11 is 0. The van der Waals surface area contributed by atoms with Crippen LogP contribution in [0.15, 0.2) is 23.4 Å². The van der Waals surface area contributed by atoms with E-state index in [1.54, 1.807) is 6.92 Å². The SMILES string of the molecule is Cc1ccc(C(F)(F)F)cc1NC(=O)C1(/C(N)=N/O)CC1. The van der Waals surface area contributed by atoms with E-state index in [4.69, 9.17) is 10.9 Å². The summed E-state index contributed by atoms with van der Waals surface area (Å²) in [6.07, 6.45) is -3.70. The van der Waals surface area contributed by atoms with Crippen molar-refractivity contribution in [3.63, 3.8) is 0 Å². The maximum atomic E-state index is 12.7. The highest BCUT2D eigenvalue weighted by Crippen LogP contribution is 2.47. The first-order valence-corrected chi connectivity index (χ1v) is 6.18. The summed E-state index contributed by atoms with van der Waals surface area (Å²) < 4.78 is 38.0. The first-order valence-electron chi connectivity index (χ1n) is 6.18. The summed E-state index contributed by atoms with van der Waals surface area (Å²) in [5, 5.41) is 13.9. The van der Waals surface area contributed by atoms with E-state index in [0.29, 0.717) is 18.4 Å². The van der Waals surface area contributed by atoms with Gasteiger partial charge < -0.3 is 16.3 Å². The number of amides is 1. The molecule has 0 bridgehead atoms. The molecule has 0 spiro atoms. The normalized spacial score (nSPS) is 17.4. The van der Waals surface area contributed by atoms with Gasteiger partial charge in [0.25, 0.3) is 0 Å². The van der Waals surface area contributed by atoms with Crippen molar-refractivity contribution < 1.29 is 23.2 Å². The van der Waals surface area contributed by atoms with Gasteiger partial charge in [0.2, 0.25) is 5.91 Å². The molecule has 8 heteroatoms. The van der Waals surface area contributed by atoms with Crippen LogP contribution in [0.25, 0.3) is 0 Å². The lowest BCUT2D eigenvalue weighted by atomic mass is 10.0. The number of oxime groups is 1. The maximum Gasteiger partial charge on any atom is 0.416 e. The Morgan fingerprint density at radius 2 is 2.05 bits per heavy atom. The monoisotopic (exact) mass is 301 g/mol. The number of nitrogens with zero attached hydrogens (tertiary/aromatic N) is 1. The minimum atomic E-state index is -4.49. The molecule has 0 atom stereocenters. The maximum absolute atomic E-state index is 12.7. The van der Waals surface area contributed by atoms with E-state index in [9.17, 15) is 18.0 Å². The standard InChI is InChI=1S/C13H14F3N3O2/c1-7-2-3-8(13(14,15)16)6-9(7)18-11(20)12(4-5-12)10(17)19-21/h2-3,6,21H,4-5H2,1H3,(H2,17,19)(H,18,20). The van der Waals surface area contributed by atoms with Crippen LogP contribution in [0.5, 0.6) is 0 Å². The zero-order valence-electron chi connectivity index (χ0n) is 11.2. The molecule has 0 aliphatic heterocycles. The van der Waals surface area contributed by atoms with Crippen molar-refractivity contribution in [2.24, 2.45) is 16.3 Å². The Balaban J connectivity index is 2.26. The van der Waals surface area contributed by atoms with Crippen molar-refractivity contribution in [3.05, 3.63) is 29.3 Å². The van der Waals surface area contributed by atoms with Gasteiger partial charge >= 0.3 is 6.18 Å². The van der Waals surface area contributed by atoms with Gasteiger partial charge in [-0.25, -0.2) is 0 Å². The fourth-order valence-corrected chi connectivity index (χ4v) is 2.00. The molecule has 5 nitrogen and oxygen atoms in total. The highest BCUT2D eigenvalue weighted by molar-refractivity contribution is 6.14. The van der Waals surface area contributed by atoms with Crippen molar-refractivity contribution in [2.75, 3.05) is 5.32 Å². The highest BCUT2D eigenvalue weighted by atomic mass is 19.4. The molecule has 1 saturated carbocycles. The second-order valence-electron chi connectivity index (χ2n) is 5.05. The third-order valence-electron chi connectivity index (χ3n) is 3.60. The summed E-state index contributed by atoms with van der Waals surface area (Å²) in [6, 6.07) is 3.10. The first-order chi connectivity index (χ1) is 9.70. The Morgan fingerprint density at radius 3 is 2.52 bits per heavy atom. The van der Waals surface area contributed by atoms with Gasteiger partial charge in [0.1, 0.15) is 5.41 Å². The van der Waals surface area contributed by atoms with Gasteiger partial charge in [0, 0.05) is 5.69 Å². The van der Waals surface area contributed by atoms with Gasteiger partial charge in [0.05, 0.1) is 5.56 Å². The van der Waals surface area contributed by atoms with Crippen LogP contribution in [0.1, 0.15) is 24.0 Å². The minimum Gasteiger partial charge on any atom is -0.409 e. The molecular weight excluding hydrogens is 287 g/mol. The Labute approximate surface area is 118 Å². The number of benzene rings is 1. The fourth-order valence-electron chi connectivity index (χ4n) is 2.00. The summed E-state index contributed by atoms with van der Waals surface area (Å²) in [7, 11) is 0. The van der Waals surface area contributed by atoms with Crippen LogP contribution in [0.3, 0.4) is 0 Å². The summed E-state index contributed by atoms with van der Waals surface area (Å²) in [4.78, 5) is 12.1. The van der Waals surface area contributed by atoms with E-state index in [1.807, 2.05) is 0 Å². The summed E-state index contributed by atoms with van der Waals surface area (Å²) in [5.41, 5.74) is 4.05. The predicted molar refractivity (Wildman–Crippen MR) is 69.9 cm³/mol. The summed E-state index contributed by atoms with van der Waals surface area (Å²) in [5.74, 6) is -0.801. The number of hydrogen-bond donors (Lipinski definition) is 3. The lowest BCUT2D eigenvalue weighted by molar-refractivity contribution is -0.137. The third kappa shape index (κ3) is 2.79. The Bertz CT molecular complexity index is 607. The number of carbonyl (C=O) groups excluding carboxylic acids is 1. The molecule has 2 rings (SSSR count). The lowest BCUT2D eigenvalue weighted by Gasteiger charge is -2.16. The molecule has 1 amide bonds. The average Bonchev–Trinajstić information content (AvgIpc) is 3.20. The lowest BCUT2D eigenvalue weighted by Crippen LogP contribution is -2.36. The van der Waals surface area contributed by atoms with Crippen molar-refractivity contribution in [1.82, 2.24) is 0 Å². The van der Waals surface area contributed by atoms with Crippen LogP contribution >= 0.6 is 0 Å². The van der Waals surface area contributed by atoms with E-state index in [0.717, 1.165) is 12.1 Å². The number of hydrogen-bond acceptors (Lipinski definition) is 3. The molecule has 1 aromatic rings. The molecule has 4 N–H and O–H groups in total. The van der Waals surface area contributed by atoms with Crippen molar-refractivity contribution >= 4 is 17.4 Å². The molecule has 21 heavy (non-hydrogen) atoms. The van der Waals surface area contributed by atoms with Crippen LogP contribution in [0, 0.1) is 12.3 Å². The molecule has 1 aliphatic rings. The van der Waals surface area contributed by atoms with Crippen molar-refractivity contribution in [1.29, 1.82) is 0 Å². The van der Waals surface area contributed by atoms with E-state index in [-0.39, 0.29) is 11.5 Å². The fraction of sp³-hybridized carbons (Fsp3) is 0.385. The number of amidine groups is 1. The average molecular weight is 301 g/mol. The molecular formula is C13H14F3N3O2. The van der Waals surface area contributed by atoms with Crippen molar-refractivity contribution in [3.8, 4) is 0 Å². The van der Waals surface area contributed by atoms with E-state index in [2.05, 4.69) is 10.5 Å². The molecule has 0 radical (unpaired) electrons. The number of carbonyl (C=O) groups is 1. The molecule has 0 heterocycles. The number of aryl methyl sites for hydroxylation is 1. The zero-order valence-corrected chi connectivity index (χ0v) is 11.2. The number of halogens is 3. The molecule has 1 fully saturated rings. The number of nitrogens with two attached hydrogens (primary N) is 1. The summed E-state index contributed by atoms with van der Waals surface area (Å²) in [6.45, 7) is 1.58. The highest BCUT2D eigenvalue weighted by Gasteiger charge is 2.54. The largest absolute Gasteiger partial charge is 0.416 e. The predicted octanol–water partition coefficient (Wildman–Crippen LogP) is 2.48. The second kappa shape index (κ2) is 4.94. The van der Waals surface area contributed by atoms with Crippen LogP contribution < -0.4 is 11.1 Å². The smallest absolute Gasteiger partial charge is 0.409 e. The quantitative estimate of drug-likeness (QED) is 0.347. The van der Waals surface area contributed by atoms with Gasteiger partial charge in [-0.3, -0.25) is 4.79 Å². The van der Waals surface area contributed by atoms with E-state index < -0.39 is 23.1 Å². The van der Waals surface area contributed by atoms with Gasteiger partial charge in [-0.1, -0.05) is 11.2 Å². The van der Waals surface area contributed by atoms with Gasteiger partial charge in [-0.2, -0.15) is 13.2 Å². The molecule has 1 aromatic carbocycles. The second-order valence-corrected chi connectivity index (χ2v) is 5.05. The molecule has 114 valence electrons. The third-order valence-corrected chi connectivity index (χ3v) is 3.60. The van der Waals surface area contributed by atoms with Gasteiger partial charge in [-0.05, 0) is 37.5 Å². The van der Waals surface area contributed by atoms with Crippen LogP contribution in [-0.2, 0) is 11.0 Å². The topological polar surface area (TPSA) is 87.7 Å².